The topological polar surface area (TPSA) is 77.5 Å². The van der Waals surface area contributed by atoms with Crippen molar-refractivity contribution in [2.24, 2.45) is 0 Å². The highest BCUT2D eigenvalue weighted by Crippen LogP contribution is 2.36. The van der Waals surface area contributed by atoms with Gasteiger partial charge in [0.1, 0.15) is 5.15 Å². The molecule has 0 saturated carbocycles. The zero-order chi connectivity index (χ0) is 18.1. The Morgan fingerprint density at radius 3 is 2.64 bits per heavy atom. The van der Waals surface area contributed by atoms with Gasteiger partial charge in [-0.3, -0.25) is 9.59 Å². The summed E-state index contributed by atoms with van der Waals surface area (Å²) in [7, 11) is 0. The molecule has 0 unspecified atom stereocenters. The second kappa shape index (κ2) is 7.15. The van der Waals surface area contributed by atoms with Crippen molar-refractivity contribution < 1.29 is 19.1 Å². The fourth-order valence-corrected chi connectivity index (χ4v) is 3.61. The van der Waals surface area contributed by atoms with E-state index in [1.54, 1.807) is 30.3 Å². The Morgan fingerprint density at radius 1 is 1.32 bits per heavy atom. The SMILES string of the molecule is CC(=O)Oc1c(Br)cc(/C=C2\Oc3ccc(Cl)nc3NC2=O)cc1Br. The molecular weight excluding hydrogens is 479 g/mol. The number of hydrogen-bond acceptors (Lipinski definition) is 5. The molecule has 1 N–H and O–H groups in total. The maximum Gasteiger partial charge on any atom is 0.308 e. The smallest absolute Gasteiger partial charge is 0.308 e. The highest BCUT2D eigenvalue weighted by molar-refractivity contribution is 9.11. The predicted octanol–water partition coefficient (Wildman–Crippen LogP) is 4.56. The Bertz CT molecular complexity index is 907. The Morgan fingerprint density at radius 2 is 2.00 bits per heavy atom. The Kier molecular flexibility index (Phi) is 5.12. The average Bonchev–Trinajstić information content (AvgIpc) is 2.52. The van der Waals surface area contributed by atoms with Crippen LogP contribution in [0.1, 0.15) is 12.5 Å². The average molecular weight is 489 g/mol. The molecule has 1 aliphatic heterocycles. The molecule has 6 nitrogen and oxygen atoms in total. The van der Waals surface area contributed by atoms with Crippen molar-refractivity contribution in [1.29, 1.82) is 0 Å². The number of fused-ring (bicyclic) bond motifs is 1. The van der Waals surface area contributed by atoms with Crippen LogP contribution in [0.25, 0.3) is 6.08 Å². The maximum atomic E-state index is 12.2. The van der Waals surface area contributed by atoms with Gasteiger partial charge in [-0.05, 0) is 67.8 Å². The Hall–Kier alpha value is -1.90. The summed E-state index contributed by atoms with van der Waals surface area (Å²) in [5.41, 5.74) is 0.658. The van der Waals surface area contributed by atoms with Crippen LogP contribution in [0.15, 0.2) is 39.0 Å². The number of amides is 1. The normalized spacial score (nSPS) is 14.6. The zero-order valence-electron chi connectivity index (χ0n) is 12.6. The van der Waals surface area contributed by atoms with Gasteiger partial charge in [-0.15, -0.1) is 0 Å². The Balaban J connectivity index is 1.94. The number of nitrogens with zero attached hydrogens (tertiary/aromatic N) is 1. The summed E-state index contributed by atoms with van der Waals surface area (Å²) in [6.07, 6.45) is 1.56. The van der Waals surface area contributed by atoms with Gasteiger partial charge in [0.05, 0.1) is 8.95 Å². The number of aromatic nitrogens is 1. The minimum Gasteiger partial charge on any atom is -0.448 e. The molecule has 0 aliphatic carbocycles. The van der Waals surface area contributed by atoms with Gasteiger partial charge in [0.2, 0.25) is 0 Å². The van der Waals surface area contributed by atoms with Crippen LogP contribution < -0.4 is 14.8 Å². The minimum atomic E-state index is -0.446. The molecule has 2 heterocycles. The van der Waals surface area contributed by atoms with Crippen molar-refractivity contribution in [3.8, 4) is 11.5 Å². The molecule has 2 aromatic rings. The molecule has 0 fully saturated rings. The van der Waals surface area contributed by atoms with Gasteiger partial charge in [0, 0.05) is 6.92 Å². The van der Waals surface area contributed by atoms with Crippen LogP contribution in [0.2, 0.25) is 5.15 Å². The van der Waals surface area contributed by atoms with Crippen LogP contribution in [0.5, 0.6) is 11.5 Å². The number of carbonyl (C=O) groups is 2. The molecule has 0 radical (unpaired) electrons. The molecule has 1 aliphatic rings. The highest BCUT2D eigenvalue weighted by Gasteiger charge is 2.23. The summed E-state index contributed by atoms with van der Waals surface area (Å²) in [5.74, 6) is 0.222. The molecule has 1 aromatic heterocycles. The van der Waals surface area contributed by atoms with Gasteiger partial charge >= 0.3 is 5.97 Å². The van der Waals surface area contributed by atoms with Crippen LogP contribution in [0.4, 0.5) is 5.82 Å². The van der Waals surface area contributed by atoms with Gasteiger partial charge < -0.3 is 14.8 Å². The Labute approximate surface area is 164 Å². The van der Waals surface area contributed by atoms with Gasteiger partial charge in [-0.2, -0.15) is 0 Å². The molecule has 3 rings (SSSR count). The lowest BCUT2D eigenvalue weighted by molar-refractivity contribution is -0.132. The van der Waals surface area contributed by atoms with E-state index in [0.717, 1.165) is 0 Å². The fourth-order valence-electron chi connectivity index (χ4n) is 2.08. The third-order valence-corrected chi connectivity index (χ3v) is 4.45. The number of benzene rings is 1. The van der Waals surface area contributed by atoms with E-state index < -0.39 is 11.9 Å². The molecule has 0 bridgehead atoms. The molecule has 0 atom stereocenters. The summed E-state index contributed by atoms with van der Waals surface area (Å²) in [4.78, 5) is 27.3. The van der Waals surface area contributed by atoms with E-state index in [1.165, 1.54) is 6.92 Å². The van der Waals surface area contributed by atoms with Crippen molar-refractivity contribution in [3.63, 3.8) is 0 Å². The minimum absolute atomic E-state index is 0.0932. The number of rotatable bonds is 2. The van der Waals surface area contributed by atoms with E-state index in [9.17, 15) is 9.59 Å². The zero-order valence-corrected chi connectivity index (χ0v) is 16.5. The highest BCUT2D eigenvalue weighted by atomic mass is 79.9. The number of nitrogens with one attached hydrogen (secondary N) is 1. The fraction of sp³-hybridized carbons (Fsp3) is 0.0625. The first kappa shape index (κ1) is 17.9. The van der Waals surface area contributed by atoms with Crippen molar-refractivity contribution in [3.05, 3.63) is 49.7 Å². The quantitative estimate of drug-likeness (QED) is 0.290. The first-order valence-electron chi connectivity index (χ1n) is 6.88. The molecule has 0 saturated heterocycles. The number of esters is 1. The monoisotopic (exact) mass is 486 g/mol. The van der Waals surface area contributed by atoms with E-state index in [4.69, 9.17) is 21.1 Å². The summed E-state index contributed by atoms with van der Waals surface area (Å²) in [6.45, 7) is 1.31. The van der Waals surface area contributed by atoms with E-state index in [0.29, 0.717) is 26.0 Å². The van der Waals surface area contributed by atoms with E-state index in [1.807, 2.05) is 0 Å². The predicted molar refractivity (Wildman–Crippen MR) is 99.6 cm³/mol. The lowest BCUT2D eigenvalue weighted by atomic mass is 10.2. The molecular formula is C16H9Br2ClN2O4. The number of hydrogen-bond donors (Lipinski definition) is 1. The largest absolute Gasteiger partial charge is 0.448 e. The molecule has 9 heteroatoms. The van der Waals surface area contributed by atoms with Gasteiger partial charge in [0.15, 0.2) is 23.1 Å². The van der Waals surface area contributed by atoms with Crippen LogP contribution in [0.3, 0.4) is 0 Å². The molecule has 1 aromatic carbocycles. The third-order valence-electron chi connectivity index (χ3n) is 3.06. The molecule has 25 heavy (non-hydrogen) atoms. The number of ether oxygens (including phenoxy) is 2. The van der Waals surface area contributed by atoms with Crippen LogP contribution in [0, 0.1) is 0 Å². The molecule has 0 spiro atoms. The van der Waals surface area contributed by atoms with Crippen LogP contribution >= 0.6 is 43.5 Å². The lowest BCUT2D eigenvalue weighted by Crippen LogP contribution is -2.24. The number of carbonyl (C=O) groups excluding carboxylic acids is 2. The van der Waals surface area contributed by atoms with E-state index in [-0.39, 0.29) is 16.7 Å². The van der Waals surface area contributed by atoms with Crippen molar-refractivity contribution in [1.82, 2.24) is 4.98 Å². The maximum absolute atomic E-state index is 12.2. The number of pyridine rings is 1. The van der Waals surface area contributed by atoms with E-state index >= 15 is 0 Å². The summed E-state index contributed by atoms with van der Waals surface area (Å²) in [5, 5.41) is 2.87. The first-order valence-corrected chi connectivity index (χ1v) is 8.85. The van der Waals surface area contributed by atoms with Crippen LogP contribution in [-0.2, 0) is 9.59 Å². The lowest BCUT2D eigenvalue weighted by Gasteiger charge is -2.19. The van der Waals surface area contributed by atoms with Crippen molar-refractivity contribution in [2.45, 2.75) is 6.92 Å². The second-order valence-electron chi connectivity index (χ2n) is 4.95. The first-order chi connectivity index (χ1) is 11.8. The van der Waals surface area contributed by atoms with Gasteiger partial charge in [0.25, 0.3) is 5.91 Å². The number of anilines is 1. The van der Waals surface area contributed by atoms with Crippen LogP contribution in [-0.4, -0.2) is 16.9 Å². The van der Waals surface area contributed by atoms with Crippen molar-refractivity contribution >= 4 is 67.2 Å². The van der Waals surface area contributed by atoms with Gasteiger partial charge in [-0.25, -0.2) is 4.98 Å². The summed E-state index contributed by atoms with van der Waals surface area (Å²) in [6, 6.07) is 6.58. The second-order valence-corrected chi connectivity index (χ2v) is 7.05. The molecule has 128 valence electrons. The summed E-state index contributed by atoms with van der Waals surface area (Å²) < 4.78 is 11.8. The van der Waals surface area contributed by atoms with Gasteiger partial charge in [-0.1, -0.05) is 11.6 Å². The standard InChI is InChI=1S/C16H9Br2ClN2O4/c1-7(22)24-14-9(17)4-8(5-10(14)18)6-12-16(23)21-15-11(25-12)2-3-13(19)20-15/h2-6H,1H3,(H,20,21,23)/b12-6-. The number of halogens is 3. The third kappa shape index (κ3) is 4.02. The molecule has 1 amide bonds. The van der Waals surface area contributed by atoms with Crippen molar-refractivity contribution in [2.75, 3.05) is 5.32 Å². The van der Waals surface area contributed by atoms with E-state index in [2.05, 4.69) is 42.2 Å². The summed E-state index contributed by atoms with van der Waals surface area (Å²) >= 11 is 12.5.